The molecule has 1 aliphatic rings. The van der Waals surface area contributed by atoms with Crippen LogP contribution in [0.3, 0.4) is 0 Å². The number of fused-ring (bicyclic) bond motifs is 2. The Bertz CT molecular complexity index is 1510. The first kappa shape index (κ1) is 20.7. The van der Waals surface area contributed by atoms with Gasteiger partial charge in [0.15, 0.2) is 5.65 Å². The molecule has 0 saturated heterocycles. The molecule has 2 amide bonds. The van der Waals surface area contributed by atoms with Crippen LogP contribution >= 0.6 is 11.6 Å². The smallest absolute Gasteiger partial charge is 0.263 e. The van der Waals surface area contributed by atoms with Crippen LogP contribution in [0.5, 0.6) is 0 Å². The molecule has 0 aliphatic carbocycles. The van der Waals surface area contributed by atoms with E-state index in [4.69, 9.17) is 17.1 Å². The van der Waals surface area contributed by atoms with Crippen molar-refractivity contribution in [1.29, 1.82) is 0 Å². The zero-order chi connectivity index (χ0) is 23.4. The second-order valence-electron chi connectivity index (χ2n) is 7.72. The van der Waals surface area contributed by atoms with Gasteiger partial charge in [-0.3, -0.25) is 14.5 Å². The summed E-state index contributed by atoms with van der Waals surface area (Å²) in [6, 6.07) is 8.29. The molecule has 1 aromatic carbocycles. The fourth-order valence-electron chi connectivity index (χ4n) is 4.26. The summed E-state index contributed by atoms with van der Waals surface area (Å²) >= 11 is 6.10. The largest absolute Gasteiger partial charge is 0.351 e. The van der Waals surface area contributed by atoms with Gasteiger partial charge in [-0.2, -0.15) is 0 Å². The molecule has 0 spiro atoms. The van der Waals surface area contributed by atoms with Crippen molar-refractivity contribution in [3.63, 3.8) is 0 Å². The minimum Gasteiger partial charge on any atom is -0.351 e. The third kappa shape index (κ3) is 3.05. The Kier molecular flexibility index (Phi) is 4.66. The van der Waals surface area contributed by atoms with Crippen molar-refractivity contribution in [1.82, 2.24) is 24.5 Å². The molecule has 12 heteroatoms. The lowest BCUT2D eigenvalue weighted by Crippen LogP contribution is -2.31. The quantitative estimate of drug-likeness (QED) is 0.259. The average Bonchev–Trinajstić information content (AvgIpc) is 3.42. The number of pyridine rings is 1. The van der Waals surface area contributed by atoms with Crippen molar-refractivity contribution in [2.24, 2.45) is 19.2 Å². The third-order valence-electron chi connectivity index (χ3n) is 5.71. The number of anilines is 1. The zero-order valence-electron chi connectivity index (χ0n) is 17.8. The van der Waals surface area contributed by atoms with Gasteiger partial charge in [0, 0.05) is 30.2 Å². The van der Waals surface area contributed by atoms with E-state index in [-0.39, 0.29) is 11.1 Å². The number of aromatic nitrogens is 5. The first-order valence-electron chi connectivity index (χ1n) is 9.86. The molecule has 0 N–H and O–H groups in total. The number of hydrogen-bond acceptors (Lipinski definition) is 5. The maximum absolute atomic E-state index is 13.8. The molecule has 0 bridgehead atoms. The average molecular weight is 462 g/mol. The van der Waals surface area contributed by atoms with E-state index >= 15 is 0 Å². The zero-order valence-corrected chi connectivity index (χ0v) is 18.5. The van der Waals surface area contributed by atoms with Crippen LogP contribution in [0.25, 0.3) is 21.6 Å². The van der Waals surface area contributed by atoms with E-state index in [1.165, 1.54) is 15.8 Å². The van der Waals surface area contributed by atoms with E-state index < -0.39 is 17.9 Å². The summed E-state index contributed by atoms with van der Waals surface area (Å²) in [5.41, 5.74) is 12.3. The van der Waals surface area contributed by atoms with Crippen LogP contribution in [-0.4, -0.2) is 36.4 Å². The van der Waals surface area contributed by atoms with Gasteiger partial charge >= 0.3 is 0 Å². The second-order valence-corrected chi connectivity index (χ2v) is 8.16. The van der Waals surface area contributed by atoms with Crippen molar-refractivity contribution < 1.29 is 9.59 Å². The van der Waals surface area contributed by atoms with Gasteiger partial charge in [0.2, 0.25) is 0 Å². The molecule has 1 aliphatic heterocycles. The summed E-state index contributed by atoms with van der Waals surface area (Å²) in [6.07, 6.45) is 1.51. The highest BCUT2D eigenvalue weighted by atomic mass is 35.5. The fraction of sp³-hybridized carbons (Fsp3) is 0.190. The van der Waals surface area contributed by atoms with Gasteiger partial charge in [-0.05, 0) is 46.9 Å². The Morgan fingerprint density at radius 2 is 1.97 bits per heavy atom. The van der Waals surface area contributed by atoms with Gasteiger partial charge in [0.1, 0.15) is 17.4 Å². The number of nitrogens with zero attached hydrogens (tertiary/aromatic N) is 9. The summed E-state index contributed by atoms with van der Waals surface area (Å²) in [5, 5.41) is 11.9. The normalized spacial score (nSPS) is 15.1. The van der Waals surface area contributed by atoms with E-state index in [2.05, 4.69) is 25.3 Å². The molecule has 1 atom stereocenters. The van der Waals surface area contributed by atoms with Gasteiger partial charge in [0.05, 0.1) is 16.8 Å². The fourth-order valence-corrected chi connectivity index (χ4v) is 4.39. The molecule has 5 rings (SSSR count). The van der Waals surface area contributed by atoms with E-state index in [1.807, 2.05) is 19.1 Å². The summed E-state index contributed by atoms with van der Waals surface area (Å²) in [4.78, 5) is 35.0. The molecule has 0 fully saturated rings. The maximum atomic E-state index is 13.8. The van der Waals surface area contributed by atoms with Crippen molar-refractivity contribution in [3.05, 3.63) is 79.9 Å². The van der Waals surface area contributed by atoms with Crippen LogP contribution in [0.1, 0.15) is 43.6 Å². The SMILES string of the molecule is Cc1cc(N2C(=O)c3c(C(=O)N=[N+]=[N-])cn(C)c3C2c2ccc(Cl)cc2)nc2c1nnn2C. The molecule has 0 saturated carbocycles. The first-order chi connectivity index (χ1) is 15.8. The number of halogens is 1. The molecule has 33 heavy (non-hydrogen) atoms. The van der Waals surface area contributed by atoms with Gasteiger partial charge < -0.3 is 4.57 Å². The number of rotatable bonds is 3. The lowest BCUT2D eigenvalue weighted by Gasteiger charge is -2.26. The van der Waals surface area contributed by atoms with Gasteiger partial charge in [-0.25, -0.2) is 9.67 Å². The van der Waals surface area contributed by atoms with Crippen LogP contribution in [-0.2, 0) is 14.1 Å². The monoisotopic (exact) mass is 461 g/mol. The number of aryl methyl sites for hydroxylation is 3. The Labute approximate surface area is 191 Å². The topological polar surface area (TPSA) is 135 Å². The summed E-state index contributed by atoms with van der Waals surface area (Å²) < 4.78 is 3.23. The van der Waals surface area contributed by atoms with Gasteiger partial charge in [0.25, 0.3) is 11.8 Å². The molecule has 0 radical (unpaired) electrons. The number of carbonyl (C=O) groups excluding carboxylic acids is 2. The molecular weight excluding hydrogens is 446 g/mol. The van der Waals surface area contributed by atoms with Crippen molar-refractivity contribution in [2.45, 2.75) is 13.0 Å². The number of benzene rings is 1. The van der Waals surface area contributed by atoms with Crippen molar-refractivity contribution in [3.8, 4) is 0 Å². The summed E-state index contributed by atoms with van der Waals surface area (Å²) in [6.45, 7) is 1.86. The van der Waals surface area contributed by atoms with Crippen molar-refractivity contribution >= 4 is 40.4 Å². The lowest BCUT2D eigenvalue weighted by atomic mass is 10.0. The van der Waals surface area contributed by atoms with Crippen LogP contribution in [0, 0.1) is 6.92 Å². The van der Waals surface area contributed by atoms with Gasteiger partial charge in [-0.15, -0.1) is 5.10 Å². The van der Waals surface area contributed by atoms with Crippen LogP contribution in [0.15, 0.2) is 41.6 Å². The molecule has 4 aromatic rings. The summed E-state index contributed by atoms with van der Waals surface area (Å²) in [7, 11) is 3.46. The van der Waals surface area contributed by atoms with Crippen molar-refractivity contribution in [2.75, 3.05) is 4.90 Å². The molecule has 1 unspecified atom stereocenters. The Hall–Kier alpha value is -4.21. The van der Waals surface area contributed by atoms with Crippen LogP contribution < -0.4 is 4.90 Å². The standard InChI is InChI=1S/C21H16ClN9O2/c1-10-8-14(24-19-16(10)25-28-30(19)3)31-17(11-4-6-12(22)7-5-11)18-15(21(31)33)13(9-29(18)2)20(32)26-27-23/h4-9,17H,1-3H3. The molecule has 11 nitrogen and oxygen atoms in total. The molecule has 3 aromatic heterocycles. The highest BCUT2D eigenvalue weighted by Crippen LogP contribution is 2.43. The van der Waals surface area contributed by atoms with Gasteiger partial charge in [-0.1, -0.05) is 28.9 Å². The number of azide groups is 1. The molecule has 4 heterocycles. The minimum absolute atomic E-state index is 0.0387. The predicted octanol–water partition coefficient (Wildman–Crippen LogP) is 3.86. The Morgan fingerprint density at radius 3 is 2.67 bits per heavy atom. The third-order valence-corrected chi connectivity index (χ3v) is 5.97. The maximum Gasteiger partial charge on any atom is 0.263 e. The van der Waals surface area contributed by atoms with Crippen LogP contribution in [0.2, 0.25) is 5.02 Å². The van der Waals surface area contributed by atoms with E-state index in [0.717, 1.165) is 11.1 Å². The Morgan fingerprint density at radius 1 is 1.24 bits per heavy atom. The highest BCUT2D eigenvalue weighted by molar-refractivity contribution is 6.30. The van der Waals surface area contributed by atoms with E-state index in [0.29, 0.717) is 27.7 Å². The lowest BCUT2D eigenvalue weighted by molar-refractivity contribution is 0.0965. The van der Waals surface area contributed by atoms with E-state index in [9.17, 15) is 9.59 Å². The number of hydrogen-bond donors (Lipinski definition) is 0. The van der Waals surface area contributed by atoms with E-state index in [1.54, 1.807) is 36.9 Å². The highest BCUT2D eigenvalue weighted by Gasteiger charge is 2.44. The molecular formula is C21H16ClN9O2. The first-order valence-corrected chi connectivity index (χ1v) is 10.2. The number of carbonyl (C=O) groups is 2. The predicted molar refractivity (Wildman–Crippen MR) is 120 cm³/mol. The second kappa shape index (κ2) is 7.44. The Balaban J connectivity index is 1.78. The number of amides is 2. The minimum atomic E-state index is -0.824. The molecule has 164 valence electrons. The summed E-state index contributed by atoms with van der Waals surface area (Å²) in [5.74, 6) is -0.869. The van der Waals surface area contributed by atoms with Crippen LogP contribution in [0.4, 0.5) is 5.82 Å².